The third-order valence-corrected chi connectivity index (χ3v) is 4.49. The molecular weight excluding hydrogens is 226 g/mol. The second-order valence-electron chi connectivity index (χ2n) is 5.49. The number of piperidine rings is 1. The fraction of sp³-hybridized carbons (Fsp3) is 0.467. The van der Waals surface area contributed by atoms with E-state index in [-0.39, 0.29) is 11.6 Å². The molecule has 3 heteroatoms. The molecule has 0 atom stereocenters. The van der Waals surface area contributed by atoms with E-state index in [0.717, 1.165) is 30.8 Å². The number of quaternary nitrogens is 1. The van der Waals surface area contributed by atoms with Gasteiger partial charge >= 0.3 is 0 Å². The van der Waals surface area contributed by atoms with Crippen LogP contribution in [0.3, 0.4) is 0 Å². The number of fused-ring (bicyclic) bond motifs is 1. The summed E-state index contributed by atoms with van der Waals surface area (Å²) in [5.41, 5.74) is 0.357. The maximum Gasteiger partial charge on any atom is 0.231 e. The van der Waals surface area contributed by atoms with Crippen LogP contribution in [-0.2, 0) is 0 Å². The van der Waals surface area contributed by atoms with Crippen molar-refractivity contribution < 1.29 is 14.5 Å². The van der Waals surface area contributed by atoms with Crippen LogP contribution in [0.5, 0.6) is 0 Å². The minimum atomic E-state index is -0.871. The molecule has 0 bridgehead atoms. The number of rotatable bonds is 1. The number of nitrogens with one attached hydrogen (secondary N) is 1. The first-order valence-electron chi connectivity index (χ1n) is 6.69. The first-order chi connectivity index (χ1) is 8.65. The molecule has 2 aliphatic rings. The van der Waals surface area contributed by atoms with Gasteiger partial charge in [-0.25, -0.2) is 0 Å². The van der Waals surface area contributed by atoms with Gasteiger partial charge in [-0.2, -0.15) is 0 Å². The van der Waals surface area contributed by atoms with E-state index in [9.17, 15) is 9.59 Å². The van der Waals surface area contributed by atoms with E-state index >= 15 is 0 Å². The molecule has 0 radical (unpaired) electrons. The summed E-state index contributed by atoms with van der Waals surface area (Å²) < 4.78 is 0. The molecule has 1 aromatic rings. The van der Waals surface area contributed by atoms with Gasteiger partial charge in [0.1, 0.15) is 0 Å². The lowest BCUT2D eigenvalue weighted by atomic mass is 9.91. The van der Waals surface area contributed by atoms with Gasteiger partial charge in [0.15, 0.2) is 0 Å². The molecule has 0 aromatic heterocycles. The molecule has 1 aliphatic heterocycles. The predicted molar refractivity (Wildman–Crippen MR) is 68.1 cm³/mol. The van der Waals surface area contributed by atoms with Crippen molar-refractivity contribution >= 4 is 11.6 Å². The normalized spacial score (nSPS) is 23.2. The summed E-state index contributed by atoms with van der Waals surface area (Å²) in [6.07, 6.45) is 3.44. The van der Waals surface area contributed by atoms with Crippen LogP contribution in [0.15, 0.2) is 24.3 Å². The number of likely N-dealkylation sites (tertiary alicyclic amines) is 1. The molecule has 0 unspecified atom stereocenters. The van der Waals surface area contributed by atoms with Gasteiger partial charge in [-0.15, -0.1) is 0 Å². The second kappa shape index (κ2) is 4.02. The molecule has 3 rings (SSSR count). The third-order valence-electron chi connectivity index (χ3n) is 4.49. The zero-order valence-corrected chi connectivity index (χ0v) is 10.7. The van der Waals surface area contributed by atoms with Crippen LogP contribution >= 0.6 is 0 Å². The molecule has 0 amide bonds. The summed E-state index contributed by atoms with van der Waals surface area (Å²) >= 11 is 0. The highest BCUT2D eigenvalue weighted by atomic mass is 16.2. The van der Waals surface area contributed by atoms with Crippen molar-refractivity contribution in [1.29, 1.82) is 0 Å². The van der Waals surface area contributed by atoms with Gasteiger partial charge in [0, 0.05) is 18.1 Å². The van der Waals surface area contributed by atoms with Crippen LogP contribution < -0.4 is 4.90 Å². The van der Waals surface area contributed by atoms with E-state index in [2.05, 4.69) is 0 Å². The maximum absolute atomic E-state index is 12.6. The second-order valence-corrected chi connectivity index (χ2v) is 5.49. The van der Waals surface area contributed by atoms with Crippen molar-refractivity contribution in [1.82, 2.24) is 0 Å². The largest absolute Gasteiger partial charge is 0.317 e. The molecule has 1 heterocycles. The summed E-state index contributed by atoms with van der Waals surface area (Å²) in [7, 11) is 0. The molecule has 3 nitrogen and oxygen atoms in total. The maximum atomic E-state index is 12.6. The van der Waals surface area contributed by atoms with Crippen LogP contribution in [0.1, 0.15) is 46.9 Å². The minimum absolute atomic E-state index is 0.0139. The van der Waals surface area contributed by atoms with Crippen LogP contribution in [0.25, 0.3) is 0 Å². The topological polar surface area (TPSA) is 38.6 Å². The molecule has 1 aliphatic carbocycles. The Kier molecular flexibility index (Phi) is 2.59. The van der Waals surface area contributed by atoms with Gasteiger partial charge in [-0.05, 0) is 19.3 Å². The Morgan fingerprint density at radius 2 is 1.44 bits per heavy atom. The lowest BCUT2D eigenvalue weighted by Crippen LogP contribution is -3.22. The van der Waals surface area contributed by atoms with E-state index in [1.807, 2.05) is 19.1 Å². The molecular formula is C15H18NO2+. The van der Waals surface area contributed by atoms with Gasteiger partial charge in [-0.1, -0.05) is 24.3 Å². The van der Waals surface area contributed by atoms with Crippen molar-refractivity contribution in [3.8, 4) is 0 Å². The number of ketones is 2. The third kappa shape index (κ3) is 1.40. The van der Waals surface area contributed by atoms with Crippen molar-refractivity contribution in [2.75, 3.05) is 13.1 Å². The lowest BCUT2D eigenvalue weighted by molar-refractivity contribution is -0.933. The van der Waals surface area contributed by atoms with Crippen LogP contribution in [0, 0.1) is 0 Å². The number of carbonyl (C=O) groups is 2. The predicted octanol–water partition coefficient (Wildman–Crippen LogP) is 0.893. The van der Waals surface area contributed by atoms with E-state index < -0.39 is 5.54 Å². The van der Waals surface area contributed by atoms with Gasteiger partial charge in [0.05, 0.1) is 13.1 Å². The van der Waals surface area contributed by atoms with Crippen molar-refractivity contribution in [2.24, 2.45) is 0 Å². The van der Waals surface area contributed by atoms with Crippen molar-refractivity contribution in [3.63, 3.8) is 0 Å². The first-order valence-corrected chi connectivity index (χ1v) is 6.69. The first kappa shape index (κ1) is 11.6. The molecule has 0 spiro atoms. The Bertz CT molecular complexity index is 480. The highest BCUT2D eigenvalue weighted by Crippen LogP contribution is 2.28. The van der Waals surface area contributed by atoms with E-state index in [4.69, 9.17) is 0 Å². The van der Waals surface area contributed by atoms with Gasteiger partial charge in [0.2, 0.25) is 17.1 Å². The molecule has 94 valence electrons. The van der Waals surface area contributed by atoms with Crippen molar-refractivity contribution in [2.45, 2.75) is 31.7 Å². The standard InChI is InChI=1S/C15H17NO2/c1-15(16-9-5-2-6-10-16)13(17)11-7-3-4-8-12(11)14(15)18/h3-4,7-8H,2,5-6,9-10H2,1H3/p+1. The summed E-state index contributed by atoms with van der Waals surface area (Å²) in [6, 6.07) is 7.23. The Hall–Kier alpha value is -1.48. The number of carbonyl (C=O) groups excluding carboxylic acids is 2. The molecule has 1 saturated heterocycles. The number of hydrogen-bond acceptors (Lipinski definition) is 2. The van der Waals surface area contributed by atoms with E-state index in [0.29, 0.717) is 11.1 Å². The lowest BCUT2D eigenvalue weighted by Gasteiger charge is -2.34. The summed E-state index contributed by atoms with van der Waals surface area (Å²) in [5.74, 6) is 0.0278. The van der Waals surface area contributed by atoms with Crippen LogP contribution in [0.2, 0.25) is 0 Å². The Morgan fingerprint density at radius 3 is 1.94 bits per heavy atom. The average molecular weight is 244 g/mol. The summed E-state index contributed by atoms with van der Waals surface area (Å²) in [4.78, 5) is 26.3. The Labute approximate surface area is 107 Å². The average Bonchev–Trinajstić information content (AvgIpc) is 2.64. The fourth-order valence-electron chi connectivity index (χ4n) is 3.32. The number of Topliss-reactive ketones (excluding diaryl/α,β-unsaturated/α-hetero) is 2. The highest BCUT2D eigenvalue weighted by Gasteiger charge is 2.56. The smallest absolute Gasteiger partial charge is 0.231 e. The van der Waals surface area contributed by atoms with Crippen molar-refractivity contribution in [3.05, 3.63) is 35.4 Å². The van der Waals surface area contributed by atoms with Gasteiger partial charge in [0.25, 0.3) is 0 Å². The molecule has 1 N–H and O–H groups in total. The Morgan fingerprint density at radius 1 is 0.944 bits per heavy atom. The quantitative estimate of drug-likeness (QED) is 0.745. The van der Waals surface area contributed by atoms with Gasteiger partial charge in [-0.3, -0.25) is 9.59 Å². The molecule has 18 heavy (non-hydrogen) atoms. The number of benzene rings is 1. The van der Waals surface area contributed by atoms with Crippen LogP contribution in [0.4, 0.5) is 0 Å². The summed E-state index contributed by atoms with van der Waals surface area (Å²) in [5, 5.41) is 0. The SMILES string of the molecule is CC1([NH+]2CCCCC2)C(=O)c2ccccc2C1=O. The Balaban J connectivity index is 2.04. The zero-order valence-electron chi connectivity index (χ0n) is 10.7. The summed E-state index contributed by atoms with van der Waals surface area (Å²) in [6.45, 7) is 3.70. The number of hydrogen-bond donors (Lipinski definition) is 1. The highest BCUT2D eigenvalue weighted by molar-refractivity contribution is 6.31. The molecule has 1 fully saturated rings. The zero-order chi connectivity index (χ0) is 12.8. The fourth-order valence-corrected chi connectivity index (χ4v) is 3.32. The van der Waals surface area contributed by atoms with E-state index in [1.165, 1.54) is 6.42 Å². The molecule has 0 saturated carbocycles. The van der Waals surface area contributed by atoms with Gasteiger partial charge < -0.3 is 4.90 Å². The van der Waals surface area contributed by atoms with E-state index in [1.54, 1.807) is 12.1 Å². The van der Waals surface area contributed by atoms with Crippen LogP contribution in [-0.4, -0.2) is 30.2 Å². The monoisotopic (exact) mass is 244 g/mol. The minimum Gasteiger partial charge on any atom is -0.317 e. The molecule has 1 aromatic carbocycles.